The molecule has 1 aromatic rings. The first-order valence-electron chi connectivity index (χ1n) is 7.51. The van der Waals surface area contributed by atoms with E-state index in [4.69, 9.17) is 4.74 Å². The molecule has 0 aromatic heterocycles. The molecule has 2 N–H and O–H groups in total. The van der Waals surface area contributed by atoms with Crippen LogP contribution in [0.5, 0.6) is 0 Å². The fourth-order valence-corrected chi connectivity index (χ4v) is 3.19. The number of benzene rings is 1. The molecule has 0 aliphatic carbocycles. The lowest BCUT2D eigenvalue weighted by molar-refractivity contribution is -0.122. The van der Waals surface area contributed by atoms with Gasteiger partial charge in [0.15, 0.2) is 0 Å². The smallest absolute Gasteiger partial charge is 0.242 e. The largest absolute Gasteiger partial charge is 0.378 e. The Balaban J connectivity index is 1.51. The number of para-hydroxylation sites is 1. The Morgan fingerprint density at radius 2 is 2.30 bits per heavy atom. The van der Waals surface area contributed by atoms with E-state index in [-0.39, 0.29) is 11.9 Å². The lowest BCUT2D eigenvalue weighted by Gasteiger charge is -2.19. The van der Waals surface area contributed by atoms with Gasteiger partial charge in [0.1, 0.15) is 6.04 Å². The van der Waals surface area contributed by atoms with E-state index >= 15 is 0 Å². The summed E-state index contributed by atoms with van der Waals surface area (Å²) >= 11 is 0. The summed E-state index contributed by atoms with van der Waals surface area (Å²) in [6.07, 6.45) is 3.16. The Morgan fingerprint density at radius 1 is 1.45 bits per heavy atom. The lowest BCUT2D eigenvalue weighted by atomic mass is 9.99. The number of rotatable bonds is 4. The van der Waals surface area contributed by atoms with Gasteiger partial charge in [0.25, 0.3) is 0 Å². The highest BCUT2D eigenvalue weighted by Gasteiger charge is 2.30. The first-order valence-corrected chi connectivity index (χ1v) is 7.51. The van der Waals surface area contributed by atoms with Gasteiger partial charge in [-0.05, 0) is 24.5 Å². The minimum absolute atomic E-state index is 0.1000. The van der Waals surface area contributed by atoms with Crippen LogP contribution >= 0.6 is 0 Å². The molecule has 3 atom stereocenters. The number of hydrogen-bond donors (Lipinski definition) is 2. The number of hydrogen-bond acceptors (Lipinski definition) is 3. The number of carbonyl (C=O) groups excluding carboxylic acids is 1. The molecule has 3 unspecified atom stereocenters. The van der Waals surface area contributed by atoms with Gasteiger partial charge in [-0.3, -0.25) is 4.79 Å². The van der Waals surface area contributed by atoms with Crippen LogP contribution < -0.4 is 10.6 Å². The molecule has 108 valence electrons. The molecular formula is C16H22N2O2. The van der Waals surface area contributed by atoms with E-state index in [0.29, 0.717) is 12.0 Å². The molecule has 3 rings (SSSR count). The third kappa shape index (κ3) is 2.66. The molecule has 4 heteroatoms. The Kier molecular flexibility index (Phi) is 3.92. The fourth-order valence-electron chi connectivity index (χ4n) is 3.19. The molecule has 2 heterocycles. The van der Waals surface area contributed by atoms with E-state index < -0.39 is 0 Å². The van der Waals surface area contributed by atoms with Gasteiger partial charge in [0.05, 0.1) is 6.10 Å². The van der Waals surface area contributed by atoms with Crippen molar-refractivity contribution in [2.75, 3.05) is 18.5 Å². The minimum atomic E-state index is -0.130. The maximum atomic E-state index is 12.3. The van der Waals surface area contributed by atoms with Gasteiger partial charge in [-0.1, -0.05) is 25.1 Å². The first-order chi connectivity index (χ1) is 9.78. The van der Waals surface area contributed by atoms with Crippen LogP contribution in [0.25, 0.3) is 0 Å². The summed E-state index contributed by atoms with van der Waals surface area (Å²) in [5.41, 5.74) is 2.31. The molecule has 1 fully saturated rings. The van der Waals surface area contributed by atoms with Crippen molar-refractivity contribution in [3.05, 3.63) is 29.8 Å². The van der Waals surface area contributed by atoms with Crippen molar-refractivity contribution < 1.29 is 9.53 Å². The highest BCUT2D eigenvalue weighted by atomic mass is 16.5. The summed E-state index contributed by atoms with van der Waals surface area (Å²) in [6, 6.07) is 7.99. The number of carbonyl (C=O) groups is 1. The zero-order chi connectivity index (χ0) is 13.9. The molecule has 2 aliphatic rings. The van der Waals surface area contributed by atoms with Crippen molar-refractivity contribution in [1.29, 1.82) is 0 Å². The topological polar surface area (TPSA) is 50.4 Å². The van der Waals surface area contributed by atoms with Crippen molar-refractivity contribution in [2.45, 2.75) is 38.3 Å². The van der Waals surface area contributed by atoms with Crippen LogP contribution in [0.1, 0.15) is 25.3 Å². The minimum Gasteiger partial charge on any atom is -0.378 e. The van der Waals surface area contributed by atoms with Crippen LogP contribution in [0.4, 0.5) is 5.69 Å². The standard InChI is InChI=1S/C16H22N2O2/c1-2-15-12(7-8-20-15)10-17-16(19)14-9-11-5-3-4-6-13(11)18-14/h3-6,12,14-15,18H,2,7-10H2,1H3,(H,17,19). The van der Waals surface area contributed by atoms with Gasteiger partial charge in [-0.25, -0.2) is 0 Å². The third-order valence-electron chi connectivity index (χ3n) is 4.37. The number of amides is 1. The zero-order valence-corrected chi connectivity index (χ0v) is 11.9. The second-order valence-corrected chi connectivity index (χ2v) is 5.67. The molecule has 20 heavy (non-hydrogen) atoms. The lowest BCUT2D eigenvalue weighted by Crippen LogP contribution is -2.41. The quantitative estimate of drug-likeness (QED) is 0.882. The van der Waals surface area contributed by atoms with Crippen molar-refractivity contribution in [3.8, 4) is 0 Å². The molecule has 0 spiro atoms. The van der Waals surface area contributed by atoms with Crippen molar-refractivity contribution in [3.63, 3.8) is 0 Å². The summed E-state index contributed by atoms with van der Waals surface area (Å²) in [7, 11) is 0. The fraction of sp³-hybridized carbons (Fsp3) is 0.562. The van der Waals surface area contributed by atoms with Crippen LogP contribution in [0.2, 0.25) is 0 Å². The van der Waals surface area contributed by atoms with E-state index in [1.807, 2.05) is 18.2 Å². The third-order valence-corrected chi connectivity index (χ3v) is 4.37. The van der Waals surface area contributed by atoms with Crippen molar-refractivity contribution in [1.82, 2.24) is 5.32 Å². The van der Waals surface area contributed by atoms with Gasteiger partial charge >= 0.3 is 0 Å². The van der Waals surface area contributed by atoms with E-state index in [1.165, 1.54) is 5.56 Å². The molecular weight excluding hydrogens is 252 g/mol. The second kappa shape index (κ2) is 5.83. The summed E-state index contributed by atoms with van der Waals surface area (Å²) in [5, 5.41) is 6.38. The highest BCUT2D eigenvalue weighted by molar-refractivity contribution is 5.87. The molecule has 1 saturated heterocycles. The summed E-state index contributed by atoms with van der Waals surface area (Å²) in [4.78, 5) is 12.3. The second-order valence-electron chi connectivity index (χ2n) is 5.67. The van der Waals surface area contributed by atoms with Crippen LogP contribution in [-0.2, 0) is 16.0 Å². The first kappa shape index (κ1) is 13.4. The summed E-state index contributed by atoms with van der Waals surface area (Å²) < 4.78 is 5.66. The Labute approximate surface area is 119 Å². The Hall–Kier alpha value is -1.55. The predicted molar refractivity (Wildman–Crippen MR) is 78.7 cm³/mol. The van der Waals surface area contributed by atoms with E-state index in [1.54, 1.807) is 0 Å². The molecule has 2 aliphatic heterocycles. The van der Waals surface area contributed by atoms with Crippen LogP contribution in [0.3, 0.4) is 0 Å². The normalized spacial score (nSPS) is 27.9. The molecule has 0 radical (unpaired) electrons. The molecule has 0 bridgehead atoms. The summed E-state index contributed by atoms with van der Waals surface area (Å²) in [6.45, 7) is 3.69. The number of nitrogens with one attached hydrogen (secondary N) is 2. The van der Waals surface area contributed by atoms with Gasteiger partial charge in [-0.15, -0.1) is 0 Å². The van der Waals surface area contributed by atoms with Crippen LogP contribution in [0, 0.1) is 5.92 Å². The van der Waals surface area contributed by atoms with Gasteiger partial charge in [-0.2, -0.15) is 0 Å². The number of ether oxygens (including phenoxy) is 1. The number of anilines is 1. The molecule has 1 aromatic carbocycles. The average molecular weight is 274 g/mol. The van der Waals surface area contributed by atoms with Crippen LogP contribution in [-0.4, -0.2) is 31.2 Å². The molecule has 4 nitrogen and oxygen atoms in total. The van der Waals surface area contributed by atoms with Crippen molar-refractivity contribution in [2.24, 2.45) is 5.92 Å². The molecule has 0 saturated carbocycles. The number of fused-ring (bicyclic) bond motifs is 1. The Morgan fingerprint density at radius 3 is 3.10 bits per heavy atom. The predicted octanol–water partition coefficient (Wildman–Crippen LogP) is 1.95. The van der Waals surface area contributed by atoms with Gasteiger partial charge in [0, 0.05) is 31.2 Å². The van der Waals surface area contributed by atoms with E-state index in [0.717, 1.165) is 38.1 Å². The average Bonchev–Trinajstić information content (AvgIpc) is 3.10. The van der Waals surface area contributed by atoms with Gasteiger partial charge in [0.2, 0.25) is 5.91 Å². The SMILES string of the molecule is CCC1OCCC1CNC(=O)C1Cc2ccccc2N1. The maximum absolute atomic E-state index is 12.3. The monoisotopic (exact) mass is 274 g/mol. The van der Waals surface area contributed by atoms with E-state index in [9.17, 15) is 4.79 Å². The van der Waals surface area contributed by atoms with Crippen LogP contribution in [0.15, 0.2) is 24.3 Å². The molecule has 1 amide bonds. The van der Waals surface area contributed by atoms with E-state index in [2.05, 4.69) is 23.6 Å². The summed E-state index contributed by atoms with van der Waals surface area (Å²) in [5.74, 6) is 0.565. The Bertz CT molecular complexity index is 464. The zero-order valence-electron chi connectivity index (χ0n) is 11.9. The highest BCUT2D eigenvalue weighted by Crippen LogP contribution is 2.26. The maximum Gasteiger partial charge on any atom is 0.242 e. The van der Waals surface area contributed by atoms with Crippen molar-refractivity contribution >= 4 is 11.6 Å². The van der Waals surface area contributed by atoms with Gasteiger partial charge < -0.3 is 15.4 Å².